The lowest BCUT2D eigenvalue weighted by molar-refractivity contribution is -0.119. The van der Waals surface area contributed by atoms with Crippen LogP contribution >= 0.6 is 0 Å². The summed E-state index contributed by atoms with van der Waals surface area (Å²) in [7, 11) is 0. The Kier molecular flexibility index (Phi) is 6.77. The van der Waals surface area contributed by atoms with Gasteiger partial charge in [0.1, 0.15) is 5.82 Å². The van der Waals surface area contributed by atoms with Gasteiger partial charge in [0.25, 0.3) is 0 Å². The second-order valence-electron chi connectivity index (χ2n) is 6.15. The molecule has 1 aromatic rings. The lowest BCUT2D eigenvalue weighted by Crippen LogP contribution is -2.41. The van der Waals surface area contributed by atoms with E-state index in [2.05, 4.69) is 27.1 Å². The molecule has 22 heavy (non-hydrogen) atoms. The van der Waals surface area contributed by atoms with Crippen molar-refractivity contribution < 1.29 is 4.79 Å². The third-order valence-corrected chi connectivity index (χ3v) is 4.22. The minimum atomic E-state index is 0.0577. The molecule has 1 N–H and O–H groups in total. The summed E-state index contributed by atoms with van der Waals surface area (Å²) >= 11 is 0. The normalized spacial score (nSPS) is 19.1. The smallest absolute Gasteiger partial charge is 0.216 e. The van der Waals surface area contributed by atoms with Gasteiger partial charge in [-0.25, -0.2) is 9.97 Å². The summed E-state index contributed by atoms with van der Waals surface area (Å²) in [5.74, 6) is 0.995. The second kappa shape index (κ2) is 8.83. The Morgan fingerprint density at radius 1 is 1.36 bits per heavy atom. The van der Waals surface area contributed by atoms with Gasteiger partial charge in [-0.3, -0.25) is 9.69 Å². The van der Waals surface area contributed by atoms with Crippen molar-refractivity contribution in [1.82, 2.24) is 20.2 Å². The van der Waals surface area contributed by atoms with E-state index in [0.29, 0.717) is 6.04 Å². The van der Waals surface area contributed by atoms with Crippen LogP contribution in [0.2, 0.25) is 0 Å². The number of aryl methyl sites for hydroxylation is 1. The zero-order valence-electron chi connectivity index (χ0n) is 13.8. The molecule has 0 aliphatic carbocycles. The number of piperidine rings is 1. The van der Waals surface area contributed by atoms with E-state index in [1.54, 1.807) is 6.92 Å². The number of likely N-dealkylation sites (tertiary alicyclic amines) is 1. The molecule has 1 amide bonds. The maximum atomic E-state index is 11.0. The monoisotopic (exact) mass is 304 g/mol. The van der Waals surface area contributed by atoms with Gasteiger partial charge < -0.3 is 5.32 Å². The van der Waals surface area contributed by atoms with E-state index in [-0.39, 0.29) is 5.91 Å². The van der Waals surface area contributed by atoms with Crippen molar-refractivity contribution in [3.05, 3.63) is 23.8 Å². The maximum Gasteiger partial charge on any atom is 0.216 e. The predicted molar refractivity (Wildman–Crippen MR) is 87.4 cm³/mol. The van der Waals surface area contributed by atoms with E-state index in [9.17, 15) is 4.79 Å². The zero-order valence-corrected chi connectivity index (χ0v) is 13.8. The number of hydrogen-bond acceptors (Lipinski definition) is 4. The number of carbonyl (C=O) groups is 1. The lowest BCUT2D eigenvalue weighted by Gasteiger charge is -2.35. The SMILES string of the molecule is CCCc1ncc(CN2CCCC[C@H]2CCNC(C)=O)cn1. The average Bonchev–Trinajstić information content (AvgIpc) is 2.51. The van der Waals surface area contributed by atoms with E-state index in [4.69, 9.17) is 0 Å². The third-order valence-electron chi connectivity index (χ3n) is 4.22. The molecule has 1 atom stereocenters. The molecular formula is C17H28N4O. The summed E-state index contributed by atoms with van der Waals surface area (Å²) in [5.41, 5.74) is 1.19. The largest absolute Gasteiger partial charge is 0.356 e. The fraction of sp³-hybridized carbons (Fsp3) is 0.706. The Bertz CT molecular complexity index is 460. The number of hydrogen-bond donors (Lipinski definition) is 1. The van der Waals surface area contributed by atoms with E-state index in [0.717, 1.165) is 44.7 Å². The summed E-state index contributed by atoms with van der Waals surface area (Å²) < 4.78 is 0. The van der Waals surface area contributed by atoms with Crippen molar-refractivity contribution in [1.29, 1.82) is 0 Å². The highest BCUT2D eigenvalue weighted by Gasteiger charge is 2.22. The minimum Gasteiger partial charge on any atom is -0.356 e. The first-order chi connectivity index (χ1) is 10.7. The van der Waals surface area contributed by atoms with Gasteiger partial charge in [0.05, 0.1) is 0 Å². The molecule has 0 aromatic carbocycles. The van der Waals surface area contributed by atoms with Gasteiger partial charge in [-0.2, -0.15) is 0 Å². The number of amides is 1. The Morgan fingerprint density at radius 3 is 2.82 bits per heavy atom. The Morgan fingerprint density at radius 2 is 2.14 bits per heavy atom. The van der Waals surface area contributed by atoms with Gasteiger partial charge in [0, 0.05) is 50.4 Å². The summed E-state index contributed by atoms with van der Waals surface area (Å²) in [6.45, 7) is 6.53. The van der Waals surface area contributed by atoms with Gasteiger partial charge >= 0.3 is 0 Å². The van der Waals surface area contributed by atoms with Gasteiger partial charge in [0.2, 0.25) is 5.91 Å². The van der Waals surface area contributed by atoms with Crippen LogP contribution in [0.1, 0.15) is 57.3 Å². The third kappa shape index (κ3) is 5.37. The molecule has 1 fully saturated rings. The number of rotatable bonds is 7. The van der Waals surface area contributed by atoms with Crippen LogP contribution in [0.3, 0.4) is 0 Å². The van der Waals surface area contributed by atoms with Crippen molar-refractivity contribution in [2.75, 3.05) is 13.1 Å². The Labute approximate surface area is 133 Å². The van der Waals surface area contributed by atoms with Crippen LogP contribution in [0, 0.1) is 0 Å². The predicted octanol–water partition coefficient (Wildman–Crippen LogP) is 2.31. The molecule has 0 bridgehead atoms. The molecule has 2 heterocycles. The molecule has 2 rings (SSSR count). The van der Waals surface area contributed by atoms with Crippen LogP contribution < -0.4 is 5.32 Å². The minimum absolute atomic E-state index is 0.0577. The molecular weight excluding hydrogens is 276 g/mol. The first kappa shape index (κ1) is 16.9. The number of carbonyl (C=O) groups excluding carboxylic acids is 1. The molecule has 0 saturated carbocycles. The summed E-state index contributed by atoms with van der Waals surface area (Å²) in [6.07, 6.45) is 10.7. The summed E-state index contributed by atoms with van der Waals surface area (Å²) in [4.78, 5) is 22.4. The second-order valence-corrected chi connectivity index (χ2v) is 6.15. The molecule has 1 aliphatic rings. The van der Waals surface area contributed by atoms with Gasteiger partial charge in [-0.15, -0.1) is 0 Å². The van der Waals surface area contributed by atoms with Crippen LogP contribution in [0.25, 0.3) is 0 Å². The highest BCUT2D eigenvalue weighted by Crippen LogP contribution is 2.21. The maximum absolute atomic E-state index is 11.0. The molecule has 5 nitrogen and oxygen atoms in total. The Balaban J connectivity index is 1.88. The fourth-order valence-corrected chi connectivity index (χ4v) is 3.06. The van der Waals surface area contributed by atoms with Crippen LogP contribution in [0.15, 0.2) is 12.4 Å². The van der Waals surface area contributed by atoms with E-state index in [1.165, 1.54) is 24.8 Å². The molecule has 1 aliphatic heterocycles. The van der Waals surface area contributed by atoms with E-state index < -0.39 is 0 Å². The first-order valence-corrected chi connectivity index (χ1v) is 8.47. The molecule has 0 spiro atoms. The highest BCUT2D eigenvalue weighted by atomic mass is 16.1. The van der Waals surface area contributed by atoms with Crippen molar-refractivity contribution >= 4 is 5.91 Å². The standard InChI is InChI=1S/C17H28N4O/c1-3-6-17-19-11-15(12-20-17)13-21-10-5-4-7-16(21)8-9-18-14(2)22/h11-12,16H,3-10,13H2,1-2H3,(H,18,22)/t16-/m0/s1. The lowest BCUT2D eigenvalue weighted by atomic mass is 9.99. The van der Waals surface area contributed by atoms with Gasteiger partial charge in [-0.1, -0.05) is 13.3 Å². The fourth-order valence-electron chi connectivity index (χ4n) is 3.06. The number of nitrogens with one attached hydrogen (secondary N) is 1. The molecule has 1 saturated heterocycles. The highest BCUT2D eigenvalue weighted by molar-refractivity contribution is 5.72. The first-order valence-electron chi connectivity index (χ1n) is 8.47. The zero-order chi connectivity index (χ0) is 15.8. The van der Waals surface area contributed by atoms with E-state index in [1.807, 2.05) is 12.4 Å². The van der Waals surface area contributed by atoms with Crippen molar-refractivity contribution in [2.24, 2.45) is 0 Å². The van der Waals surface area contributed by atoms with Crippen molar-refractivity contribution in [3.63, 3.8) is 0 Å². The Hall–Kier alpha value is -1.49. The number of nitrogens with zero attached hydrogens (tertiary/aromatic N) is 3. The number of aromatic nitrogens is 2. The van der Waals surface area contributed by atoms with E-state index >= 15 is 0 Å². The van der Waals surface area contributed by atoms with Crippen LogP contribution in [0.5, 0.6) is 0 Å². The van der Waals surface area contributed by atoms with Crippen LogP contribution in [-0.4, -0.2) is 39.9 Å². The molecule has 122 valence electrons. The topological polar surface area (TPSA) is 58.1 Å². The van der Waals surface area contributed by atoms with Crippen molar-refractivity contribution in [2.45, 2.75) is 65.0 Å². The van der Waals surface area contributed by atoms with Gasteiger partial charge in [-0.05, 0) is 32.2 Å². The molecule has 0 unspecified atom stereocenters. The molecule has 0 radical (unpaired) electrons. The summed E-state index contributed by atoms with van der Waals surface area (Å²) in [5, 5.41) is 2.91. The van der Waals surface area contributed by atoms with Crippen LogP contribution in [-0.2, 0) is 17.8 Å². The average molecular weight is 304 g/mol. The summed E-state index contributed by atoms with van der Waals surface area (Å²) in [6, 6.07) is 0.552. The quantitative estimate of drug-likeness (QED) is 0.840. The van der Waals surface area contributed by atoms with Crippen molar-refractivity contribution in [3.8, 4) is 0 Å². The molecule has 5 heteroatoms. The van der Waals surface area contributed by atoms with Crippen LogP contribution in [0.4, 0.5) is 0 Å². The van der Waals surface area contributed by atoms with Gasteiger partial charge in [0.15, 0.2) is 0 Å². The molecule has 1 aromatic heterocycles.